The van der Waals surface area contributed by atoms with Crippen LogP contribution in [-0.2, 0) is 0 Å². The summed E-state index contributed by atoms with van der Waals surface area (Å²) in [5.74, 6) is 1.90. The van der Waals surface area contributed by atoms with Gasteiger partial charge in [-0.1, -0.05) is 38.1 Å². The van der Waals surface area contributed by atoms with Crippen molar-refractivity contribution in [2.75, 3.05) is 13.2 Å². The number of carbonyl (C=O) groups is 1. The Morgan fingerprint density at radius 1 is 1.03 bits per heavy atom. The SMILES string of the molecule is CC[C@H](C)c1ccc(OCCCOc2cccc(/C=N\NC(=O)c3ccncc3)c2)cc1. The predicted octanol–water partition coefficient (Wildman–Crippen LogP) is 5.21. The summed E-state index contributed by atoms with van der Waals surface area (Å²) in [4.78, 5) is 15.9. The number of benzene rings is 2. The van der Waals surface area contributed by atoms with Crippen molar-refractivity contribution in [3.63, 3.8) is 0 Å². The first-order chi connectivity index (χ1) is 15.7. The Hall–Kier alpha value is -3.67. The molecule has 1 atom stereocenters. The Balaban J connectivity index is 1.39. The van der Waals surface area contributed by atoms with Crippen LogP contribution in [0.4, 0.5) is 0 Å². The minimum Gasteiger partial charge on any atom is -0.493 e. The molecule has 1 amide bonds. The average Bonchev–Trinajstić information content (AvgIpc) is 2.84. The van der Waals surface area contributed by atoms with Crippen LogP contribution in [0.15, 0.2) is 78.2 Å². The molecule has 32 heavy (non-hydrogen) atoms. The molecule has 0 aliphatic carbocycles. The van der Waals surface area contributed by atoms with Crippen LogP contribution in [0.5, 0.6) is 11.5 Å². The topological polar surface area (TPSA) is 72.8 Å². The molecule has 3 aromatic rings. The lowest BCUT2D eigenvalue weighted by Crippen LogP contribution is -2.17. The summed E-state index contributed by atoms with van der Waals surface area (Å²) in [6.07, 6.45) is 6.61. The number of nitrogens with one attached hydrogen (secondary N) is 1. The van der Waals surface area contributed by atoms with Gasteiger partial charge in [-0.15, -0.1) is 0 Å². The molecule has 1 heterocycles. The maximum atomic E-state index is 12.0. The van der Waals surface area contributed by atoms with Crippen LogP contribution < -0.4 is 14.9 Å². The van der Waals surface area contributed by atoms with Crippen LogP contribution in [0.3, 0.4) is 0 Å². The summed E-state index contributed by atoms with van der Waals surface area (Å²) in [7, 11) is 0. The summed E-state index contributed by atoms with van der Waals surface area (Å²) in [5, 5.41) is 4.00. The second kappa shape index (κ2) is 12.2. The van der Waals surface area contributed by atoms with E-state index in [4.69, 9.17) is 9.47 Å². The molecule has 0 saturated carbocycles. The van der Waals surface area contributed by atoms with Gasteiger partial charge in [-0.25, -0.2) is 5.43 Å². The zero-order valence-electron chi connectivity index (χ0n) is 18.5. The average molecular weight is 432 g/mol. The van der Waals surface area contributed by atoms with E-state index in [2.05, 4.69) is 41.5 Å². The maximum absolute atomic E-state index is 12.0. The fourth-order valence-electron chi connectivity index (χ4n) is 2.99. The molecule has 0 saturated heterocycles. The van der Waals surface area contributed by atoms with Crippen LogP contribution in [0.1, 0.15) is 54.1 Å². The fraction of sp³-hybridized carbons (Fsp3) is 0.269. The number of pyridine rings is 1. The van der Waals surface area contributed by atoms with Crippen molar-refractivity contribution in [1.82, 2.24) is 10.4 Å². The van der Waals surface area contributed by atoms with Crippen molar-refractivity contribution < 1.29 is 14.3 Å². The molecule has 0 aliphatic rings. The Bertz CT molecular complexity index is 1000. The lowest BCUT2D eigenvalue weighted by Gasteiger charge is -2.11. The Morgan fingerprint density at radius 2 is 1.75 bits per heavy atom. The smallest absolute Gasteiger partial charge is 0.271 e. The van der Waals surface area contributed by atoms with Gasteiger partial charge in [0.15, 0.2) is 0 Å². The molecule has 0 radical (unpaired) electrons. The molecule has 1 N–H and O–H groups in total. The van der Waals surface area contributed by atoms with Gasteiger partial charge < -0.3 is 9.47 Å². The first-order valence-corrected chi connectivity index (χ1v) is 10.8. The third kappa shape index (κ3) is 7.23. The van der Waals surface area contributed by atoms with E-state index in [0.29, 0.717) is 24.7 Å². The van der Waals surface area contributed by atoms with Gasteiger partial charge in [0, 0.05) is 24.4 Å². The van der Waals surface area contributed by atoms with Crippen molar-refractivity contribution in [2.45, 2.75) is 32.6 Å². The minimum absolute atomic E-state index is 0.287. The second-order valence-corrected chi connectivity index (χ2v) is 7.44. The Labute approximate surface area is 189 Å². The van der Waals surface area contributed by atoms with Crippen LogP contribution in [0.2, 0.25) is 0 Å². The van der Waals surface area contributed by atoms with Crippen molar-refractivity contribution in [1.29, 1.82) is 0 Å². The third-order valence-electron chi connectivity index (χ3n) is 5.07. The lowest BCUT2D eigenvalue weighted by atomic mass is 9.99. The van der Waals surface area contributed by atoms with E-state index in [1.165, 1.54) is 5.56 Å². The number of nitrogens with zero attached hydrogens (tertiary/aromatic N) is 2. The molecule has 3 rings (SSSR count). The molecule has 0 bridgehead atoms. The quantitative estimate of drug-likeness (QED) is 0.257. The van der Waals surface area contributed by atoms with E-state index >= 15 is 0 Å². The summed E-state index contributed by atoms with van der Waals surface area (Å²) >= 11 is 0. The number of ether oxygens (including phenoxy) is 2. The number of rotatable bonds is 11. The molecule has 1 aromatic heterocycles. The van der Waals surface area contributed by atoms with E-state index in [1.54, 1.807) is 30.7 Å². The van der Waals surface area contributed by atoms with E-state index in [0.717, 1.165) is 29.9 Å². The molecule has 0 unspecified atom stereocenters. The molecule has 166 valence electrons. The molecule has 0 spiro atoms. The first kappa shape index (κ1) is 23.0. The summed E-state index contributed by atoms with van der Waals surface area (Å²) in [6.45, 7) is 5.56. The third-order valence-corrected chi connectivity index (χ3v) is 5.07. The highest BCUT2D eigenvalue weighted by Crippen LogP contribution is 2.21. The molecular weight excluding hydrogens is 402 g/mol. The van der Waals surface area contributed by atoms with Gasteiger partial charge in [0.1, 0.15) is 11.5 Å². The van der Waals surface area contributed by atoms with Crippen molar-refractivity contribution in [2.24, 2.45) is 5.10 Å². The number of hydrazone groups is 1. The van der Waals surface area contributed by atoms with Gasteiger partial charge in [0.05, 0.1) is 19.4 Å². The van der Waals surface area contributed by atoms with Gasteiger partial charge in [-0.2, -0.15) is 5.10 Å². The number of amides is 1. The van der Waals surface area contributed by atoms with E-state index < -0.39 is 0 Å². The van der Waals surface area contributed by atoms with E-state index in [-0.39, 0.29) is 5.91 Å². The number of hydrogen-bond acceptors (Lipinski definition) is 5. The highest BCUT2D eigenvalue weighted by molar-refractivity contribution is 5.94. The number of hydrogen-bond donors (Lipinski definition) is 1. The van der Waals surface area contributed by atoms with Crippen molar-refractivity contribution >= 4 is 12.1 Å². The summed E-state index contributed by atoms with van der Waals surface area (Å²) in [6, 6.07) is 19.1. The van der Waals surface area contributed by atoms with E-state index in [1.807, 2.05) is 36.4 Å². The molecule has 6 heteroatoms. The van der Waals surface area contributed by atoms with E-state index in [9.17, 15) is 4.79 Å². The predicted molar refractivity (Wildman–Crippen MR) is 126 cm³/mol. The molecule has 0 fully saturated rings. The van der Waals surface area contributed by atoms with Gasteiger partial charge >= 0.3 is 0 Å². The van der Waals surface area contributed by atoms with Crippen LogP contribution in [0.25, 0.3) is 0 Å². The van der Waals surface area contributed by atoms with Crippen LogP contribution >= 0.6 is 0 Å². The largest absolute Gasteiger partial charge is 0.493 e. The van der Waals surface area contributed by atoms with Crippen LogP contribution in [0, 0.1) is 0 Å². The van der Waals surface area contributed by atoms with Gasteiger partial charge in [-0.05, 0) is 59.9 Å². The Morgan fingerprint density at radius 3 is 2.47 bits per heavy atom. The fourth-order valence-corrected chi connectivity index (χ4v) is 2.99. The van der Waals surface area contributed by atoms with Gasteiger partial charge in [0.25, 0.3) is 5.91 Å². The molecular formula is C26H29N3O3. The van der Waals surface area contributed by atoms with Crippen LogP contribution in [-0.4, -0.2) is 30.3 Å². The highest BCUT2D eigenvalue weighted by Gasteiger charge is 2.04. The van der Waals surface area contributed by atoms with Crippen molar-refractivity contribution in [3.05, 3.63) is 89.7 Å². The van der Waals surface area contributed by atoms with Crippen molar-refractivity contribution in [3.8, 4) is 11.5 Å². The molecule has 0 aliphatic heterocycles. The lowest BCUT2D eigenvalue weighted by molar-refractivity contribution is 0.0955. The minimum atomic E-state index is -0.287. The monoisotopic (exact) mass is 431 g/mol. The Kier molecular flexibility index (Phi) is 8.80. The molecule has 2 aromatic carbocycles. The zero-order chi connectivity index (χ0) is 22.6. The normalized spacial score (nSPS) is 11.8. The second-order valence-electron chi connectivity index (χ2n) is 7.44. The standard InChI is InChI=1S/C26H29N3O3/c1-3-20(2)22-8-10-24(11-9-22)31-16-5-17-32-25-7-4-6-21(18-25)19-28-29-26(30)23-12-14-27-15-13-23/h4,6-15,18-20H,3,5,16-17H2,1-2H3,(H,29,30)/b28-19-/t20-/m0/s1. The first-order valence-electron chi connectivity index (χ1n) is 10.8. The maximum Gasteiger partial charge on any atom is 0.271 e. The zero-order valence-corrected chi connectivity index (χ0v) is 18.5. The summed E-state index contributed by atoms with van der Waals surface area (Å²) < 4.78 is 11.6. The van der Waals surface area contributed by atoms with Gasteiger partial charge in [0.2, 0.25) is 0 Å². The summed E-state index contributed by atoms with van der Waals surface area (Å²) in [5.41, 5.74) is 5.17. The molecule has 6 nitrogen and oxygen atoms in total. The number of carbonyl (C=O) groups excluding carboxylic acids is 1. The van der Waals surface area contributed by atoms with Gasteiger partial charge in [-0.3, -0.25) is 9.78 Å². The number of aromatic nitrogens is 1. The highest BCUT2D eigenvalue weighted by atomic mass is 16.5.